The molecule has 1 aliphatic rings. The molecule has 2 N–H and O–H groups in total. The molecule has 4 nitrogen and oxygen atoms in total. The van der Waals surface area contributed by atoms with E-state index in [2.05, 4.69) is 10.6 Å². The minimum absolute atomic E-state index is 0.0215. The number of nitrogens with one attached hydrogen (secondary N) is 2. The van der Waals surface area contributed by atoms with Crippen LogP contribution in [0.2, 0.25) is 0 Å². The number of nitriles is 1. The molecule has 1 unspecified atom stereocenters. The molecule has 1 aromatic rings. The van der Waals surface area contributed by atoms with Gasteiger partial charge in [0.05, 0.1) is 24.8 Å². The highest BCUT2D eigenvalue weighted by molar-refractivity contribution is 5.50. The van der Waals surface area contributed by atoms with Crippen molar-refractivity contribution in [3.8, 4) is 6.07 Å². The van der Waals surface area contributed by atoms with Crippen LogP contribution in [0.3, 0.4) is 0 Å². The van der Waals surface area contributed by atoms with Crippen LogP contribution in [0.1, 0.15) is 5.56 Å². The lowest BCUT2D eigenvalue weighted by Gasteiger charge is -2.24. The smallest absolute Gasteiger partial charge is 0.150 e. The molecule has 2 rings (SSSR count). The van der Waals surface area contributed by atoms with Gasteiger partial charge in [0, 0.05) is 19.1 Å². The first-order chi connectivity index (χ1) is 8.70. The lowest BCUT2D eigenvalue weighted by atomic mass is 10.2. The molecule has 0 aromatic heterocycles. The number of hydrogen-bond donors (Lipinski definition) is 2. The third-order valence-electron chi connectivity index (χ3n) is 2.69. The van der Waals surface area contributed by atoms with Gasteiger partial charge in [0.25, 0.3) is 0 Å². The Labute approximate surface area is 104 Å². The topological polar surface area (TPSA) is 57.1 Å². The molecular formula is C12H13F2N3O. The predicted molar refractivity (Wildman–Crippen MR) is 62.2 cm³/mol. The maximum absolute atomic E-state index is 13.5. The molecule has 0 amide bonds. The Kier molecular flexibility index (Phi) is 4.07. The maximum Gasteiger partial charge on any atom is 0.150 e. The molecule has 0 spiro atoms. The van der Waals surface area contributed by atoms with Crippen LogP contribution >= 0.6 is 0 Å². The van der Waals surface area contributed by atoms with Gasteiger partial charge < -0.3 is 15.4 Å². The molecule has 1 fully saturated rings. The number of benzene rings is 1. The molecule has 18 heavy (non-hydrogen) atoms. The zero-order chi connectivity index (χ0) is 13.0. The predicted octanol–water partition coefficient (Wildman–Crippen LogP) is 1.24. The minimum atomic E-state index is -0.761. The first kappa shape index (κ1) is 12.7. The van der Waals surface area contributed by atoms with Crippen LogP contribution < -0.4 is 10.6 Å². The Balaban J connectivity index is 2.02. The number of nitrogens with zero attached hydrogens (tertiary/aromatic N) is 1. The Morgan fingerprint density at radius 2 is 2.17 bits per heavy atom. The summed E-state index contributed by atoms with van der Waals surface area (Å²) in [5.41, 5.74) is -0.240. The molecule has 96 valence electrons. The zero-order valence-electron chi connectivity index (χ0n) is 9.67. The van der Waals surface area contributed by atoms with E-state index in [1.807, 2.05) is 0 Å². The molecule has 0 radical (unpaired) electrons. The van der Waals surface area contributed by atoms with E-state index in [4.69, 9.17) is 10.00 Å². The molecule has 1 aliphatic heterocycles. The van der Waals surface area contributed by atoms with Gasteiger partial charge in [-0.3, -0.25) is 0 Å². The number of rotatable bonds is 3. The third kappa shape index (κ3) is 2.94. The molecule has 0 aliphatic carbocycles. The SMILES string of the molecule is N#Cc1cc(F)c(NCC2COCCN2)c(F)c1. The van der Waals surface area contributed by atoms with Crippen LogP contribution in [0.15, 0.2) is 12.1 Å². The monoisotopic (exact) mass is 253 g/mol. The van der Waals surface area contributed by atoms with Crippen molar-refractivity contribution in [1.82, 2.24) is 5.32 Å². The second-order valence-corrected chi connectivity index (χ2v) is 4.03. The Morgan fingerprint density at radius 3 is 2.72 bits per heavy atom. The number of halogens is 2. The standard InChI is InChI=1S/C12H13F2N3O/c13-10-3-8(5-15)4-11(14)12(10)17-6-9-7-18-2-1-16-9/h3-4,9,16-17H,1-2,6-7H2. The van der Waals surface area contributed by atoms with Crippen LogP contribution in [0, 0.1) is 23.0 Å². The van der Waals surface area contributed by atoms with E-state index >= 15 is 0 Å². The lowest BCUT2D eigenvalue weighted by molar-refractivity contribution is 0.0806. The van der Waals surface area contributed by atoms with Crippen molar-refractivity contribution in [3.63, 3.8) is 0 Å². The van der Waals surface area contributed by atoms with Gasteiger partial charge in [-0.1, -0.05) is 0 Å². The highest BCUT2D eigenvalue weighted by atomic mass is 19.1. The highest BCUT2D eigenvalue weighted by Crippen LogP contribution is 2.20. The van der Waals surface area contributed by atoms with Gasteiger partial charge in [-0.25, -0.2) is 8.78 Å². The third-order valence-corrected chi connectivity index (χ3v) is 2.69. The van der Waals surface area contributed by atoms with Gasteiger partial charge in [0.15, 0.2) is 11.6 Å². The molecule has 0 bridgehead atoms. The average molecular weight is 253 g/mol. The van der Waals surface area contributed by atoms with E-state index in [1.165, 1.54) is 0 Å². The summed E-state index contributed by atoms with van der Waals surface area (Å²) in [5.74, 6) is -1.52. The number of morpholine rings is 1. The number of ether oxygens (including phenoxy) is 1. The van der Waals surface area contributed by atoms with Crippen molar-refractivity contribution in [3.05, 3.63) is 29.3 Å². The van der Waals surface area contributed by atoms with Crippen molar-refractivity contribution < 1.29 is 13.5 Å². The summed E-state index contributed by atoms with van der Waals surface area (Å²) < 4.78 is 32.3. The van der Waals surface area contributed by atoms with Crippen LogP contribution in [0.4, 0.5) is 14.5 Å². The summed E-state index contributed by atoms with van der Waals surface area (Å²) in [6.45, 7) is 2.24. The fraction of sp³-hybridized carbons (Fsp3) is 0.417. The zero-order valence-corrected chi connectivity index (χ0v) is 9.67. The van der Waals surface area contributed by atoms with E-state index in [-0.39, 0.29) is 17.3 Å². The van der Waals surface area contributed by atoms with Crippen LogP contribution in [0.5, 0.6) is 0 Å². The molecule has 0 saturated carbocycles. The van der Waals surface area contributed by atoms with Crippen LogP contribution in [-0.2, 0) is 4.74 Å². The summed E-state index contributed by atoms with van der Waals surface area (Å²) >= 11 is 0. The summed E-state index contributed by atoms with van der Waals surface area (Å²) in [7, 11) is 0. The average Bonchev–Trinajstić information content (AvgIpc) is 2.38. The Bertz CT molecular complexity index is 444. The molecule has 1 heterocycles. The van der Waals surface area contributed by atoms with Gasteiger partial charge in [-0.2, -0.15) is 5.26 Å². The van der Waals surface area contributed by atoms with Crippen molar-refractivity contribution >= 4 is 5.69 Å². The molecular weight excluding hydrogens is 240 g/mol. The highest BCUT2D eigenvalue weighted by Gasteiger charge is 2.15. The molecule has 1 aromatic carbocycles. The second-order valence-electron chi connectivity index (χ2n) is 4.03. The second kappa shape index (κ2) is 5.76. The van der Waals surface area contributed by atoms with Gasteiger partial charge in [0.2, 0.25) is 0 Å². The van der Waals surface area contributed by atoms with E-state index < -0.39 is 11.6 Å². The van der Waals surface area contributed by atoms with E-state index in [9.17, 15) is 8.78 Å². The normalized spacial score (nSPS) is 19.3. The van der Waals surface area contributed by atoms with Crippen molar-refractivity contribution in [2.24, 2.45) is 0 Å². The van der Waals surface area contributed by atoms with Gasteiger partial charge >= 0.3 is 0 Å². The van der Waals surface area contributed by atoms with E-state index in [0.717, 1.165) is 18.7 Å². The van der Waals surface area contributed by atoms with Gasteiger partial charge in [-0.15, -0.1) is 0 Å². The largest absolute Gasteiger partial charge is 0.379 e. The minimum Gasteiger partial charge on any atom is -0.379 e. The summed E-state index contributed by atoms with van der Waals surface area (Å²) in [5, 5.41) is 14.4. The van der Waals surface area contributed by atoms with E-state index in [1.54, 1.807) is 6.07 Å². The van der Waals surface area contributed by atoms with Gasteiger partial charge in [-0.05, 0) is 12.1 Å². The maximum atomic E-state index is 13.5. The Morgan fingerprint density at radius 1 is 1.44 bits per heavy atom. The lowest BCUT2D eigenvalue weighted by Crippen LogP contribution is -2.45. The van der Waals surface area contributed by atoms with Crippen LogP contribution in [-0.4, -0.2) is 32.3 Å². The summed E-state index contributed by atoms with van der Waals surface area (Å²) in [6, 6.07) is 3.74. The number of hydrogen-bond acceptors (Lipinski definition) is 4. The quantitative estimate of drug-likeness (QED) is 0.851. The van der Waals surface area contributed by atoms with Crippen molar-refractivity contribution in [2.75, 3.05) is 31.6 Å². The molecule has 1 atom stereocenters. The summed E-state index contributed by atoms with van der Waals surface area (Å²) in [6.07, 6.45) is 0. The van der Waals surface area contributed by atoms with Crippen molar-refractivity contribution in [2.45, 2.75) is 6.04 Å². The van der Waals surface area contributed by atoms with Crippen molar-refractivity contribution in [1.29, 1.82) is 5.26 Å². The first-order valence-corrected chi connectivity index (χ1v) is 5.65. The fourth-order valence-electron chi connectivity index (χ4n) is 1.78. The Hall–Kier alpha value is -1.71. The molecule has 6 heteroatoms. The number of anilines is 1. The van der Waals surface area contributed by atoms with E-state index in [0.29, 0.717) is 19.8 Å². The molecule has 1 saturated heterocycles. The summed E-state index contributed by atoms with van der Waals surface area (Å²) in [4.78, 5) is 0. The fourth-order valence-corrected chi connectivity index (χ4v) is 1.78. The van der Waals surface area contributed by atoms with Gasteiger partial charge in [0.1, 0.15) is 5.69 Å². The van der Waals surface area contributed by atoms with Crippen LogP contribution in [0.25, 0.3) is 0 Å². The first-order valence-electron chi connectivity index (χ1n) is 5.65.